The molecule has 4 fully saturated rings. The van der Waals surface area contributed by atoms with Gasteiger partial charge in [0.15, 0.2) is 0 Å². The van der Waals surface area contributed by atoms with Crippen LogP contribution in [0.2, 0.25) is 0 Å². The van der Waals surface area contributed by atoms with Gasteiger partial charge < -0.3 is 4.40 Å². The molecule has 0 amide bonds. The van der Waals surface area contributed by atoms with Crippen molar-refractivity contribution in [2.45, 2.75) is 78.6 Å². The molecular weight excluding hydrogens is 458 g/mol. The first-order valence-electron chi connectivity index (χ1n) is 14.9. The minimum absolute atomic E-state index is 0.326. The number of nitrogens with zero attached hydrogens (tertiary/aromatic N) is 1. The van der Waals surface area contributed by atoms with Crippen LogP contribution in [0, 0.1) is 45.4 Å². The highest BCUT2D eigenvalue weighted by Gasteiger charge is 2.52. The highest BCUT2D eigenvalue weighted by atomic mass is 14.9. The fourth-order valence-electron chi connectivity index (χ4n) is 10.0. The van der Waals surface area contributed by atoms with Gasteiger partial charge in [-0.2, -0.15) is 0 Å². The number of para-hydroxylation sites is 1. The zero-order valence-corrected chi connectivity index (χ0v) is 23.7. The molecule has 0 saturated heterocycles. The lowest BCUT2D eigenvalue weighted by Crippen LogP contribution is -2.48. The summed E-state index contributed by atoms with van der Waals surface area (Å²) >= 11 is 0. The van der Waals surface area contributed by atoms with Crippen molar-refractivity contribution in [1.82, 2.24) is 4.40 Å². The number of aryl methyl sites for hydroxylation is 4. The smallest absolute Gasteiger partial charge is 0.0629 e. The van der Waals surface area contributed by atoms with Gasteiger partial charge >= 0.3 is 0 Å². The van der Waals surface area contributed by atoms with E-state index >= 15 is 0 Å². The number of allylic oxidation sites excluding steroid dienone is 1. The number of hydrogen-bond acceptors (Lipinski definition) is 0. The van der Waals surface area contributed by atoms with Crippen molar-refractivity contribution in [1.29, 1.82) is 0 Å². The van der Waals surface area contributed by atoms with E-state index in [1.807, 2.05) is 0 Å². The van der Waals surface area contributed by atoms with Crippen LogP contribution < -0.4 is 5.22 Å². The Kier molecular flexibility index (Phi) is 4.53. The van der Waals surface area contributed by atoms with Crippen LogP contribution in [0.5, 0.6) is 0 Å². The number of rotatable bonds is 2. The Morgan fingerprint density at radius 3 is 2.13 bits per heavy atom. The third kappa shape index (κ3) is 2.73. The van der Waals surface area contributed by atoms with Crippen LogP contribution >= 0.6 is 0 Å². The average molecular weight is 498 g/mol. The topological polar surface area (TPSA) is 4.41 Å². The average Bonchev–Trinajstić information content (AvgIpc) is 3.20. The Balaban J connectivity index is 1.67. The molecule has 5 aromatic rings. The summed E-state index contributed by atoms with van der Waals surface area (Å²) in [6.45, 7) is 16.2. The summed E-state index contributed by atoms with van der Waals surface area (Å²) in [5, 5.41) is 6.86. The van der Waals surface area contributed by atoms with E-state index in [0.29, 0.717) is 5.41 Å². The normalized spacial score (nSPS) is 26.8. The maximum Gasteiger partial charge on any atom is 0.0629 e. The van der Waals surface area contributed by atoms with Crippen molar-refractivity contribution >= 4 is 50.7 Å². The van der Waals surface area contributed by atoms with Crippen LogP contribution in [0.4, 0.5) is 0 Å². The monoisotopic (exact) mass is 497 g/mol. The Morgan fingerprint density at radius 1 is 0.789 bits per heavy atom. The molecule has 0 radical (unpaired) electrons. The van der Waals surface area contributed by atoms with Crippen molar-refractivity contribution < 1.29 is 0 Å². The maximum absolute atomic E-state index is 4.83. The molecule has 2 aromatic heterocycles. The second-order valence-electron chi connectivity index (χ2n) is 13.5. The van der Waals surface area contributed by atoms with E-state index in [4.69, 9.17) is 6.58 Å². The Morgan fingerprint density at radius 2 is 1.47 bits per heavy atom. The Labute approximate surface area is 226 Å². The van der Waals surface area contributed by atoms with Crippen LogP contribution in [-0.2, 0) is 5.41 Å². The third-order valence-corrected chi connectivity index (χ3v) is 11.1. The van der Waals surface area contributed by atoms with E-state index in [2.05, 4.69) is 81.5 Å². The minimum atomic E-state index is 0.326. The zero-order valence-electron chi connectivity index (χ0n) is 23.7. The largest absolute Gasteiger partial charge is 0.307 e. The second-order valence-corrected chi connectivity index (χ2v) is 13.5. The molecule has 192 valence electrons. The zero-order chi connectivity index (χ0) is 26.1. The fourth-order valence-corrected chi connectivity index (χ4v) is 10.0. The standard InChI is InChI=1S/C37H39N/c1-7-9-28-16-30(37-17-25-13-26(18-37)15-27(14-25)19-37)33-29-11-8-10-20(2)34(29)38-35-22(4)12-21(3)23(5)31(35)24(6)32(28)36(33)38/h7-12,16,25-27H,6,13-15,17-19H2,1-5H3/b9-7-. The molecule has 2 heterocycles. The molecule has 38 heavy (non-hydrogen) atoms. The van der Waals surface area contributed by atoms with Crippen LogP contribution in [0.25, 0.3) is 50.7 Å². The van der Waals surface area contributed by atoms with Crippen molar-refractivity contribution in [3.63, 3.8) is 0 Å². The number of aromatic nitrogens is 1. The first-order chi connectivity index (χ1) is 18.3. The van der Waals surface area contributed by atoms with Gasteiger partial charge in [0.1, 0.15) is 0 Å². The second kappa shape index (κ2) is 7.53. The summed E-state index contributed by atoms with van der Waals surface area (Å²) in [5.41, 5.74) is 12.9. The molecule has 4 aliphatic carbocycles. The highest BCUT2D eigenvalue weighted by Crippen LogP contribution is 2.62. The van der Waals surface area contributed by atoms with Crippen LogP contribution in [-0.4, -0.2) is 4.40 Å². The molecule has 9 rings (SSSR count). The first kappa shape index (κ1) is 22.9. The molecule has 0 spiro atoms. The molecule has 4 saturated carbocycles. The van der Waals surface area contributed by atoms with E-state index in [-0.39, 0.29) is 0 Å². The van der Waals surface area contributed by atoms with Gasteiger partial charge in [-0.15, -0.1) is 0 Å². The molecule has 0 aliphatic heterocycles. The van der Waals surface area contributed by atoms with Crippen molar-refractivity contribution in [3.05, 3.63) is 75.0 Å². The van der Waals surface area contributed by atoms with Crippen LogP contribution in [0.1, 0.15) is 78.8 Å². The number of fused-ring (bicyclic) bond motifs is 5. The molecule has 4 bridgehead atoms. The van der Waals surface area contributed by atoms with Gasteiger partial charge in [-0.3, -0.25) is 0 Å². The quantitative estimate of drug-likeness (QED) is 0.214. The Hall–Kier alpha value is -3.06. The number of benzene rings is 3. The van der Waals surface area contributed by atoms with Gasteiger partial charge in [0.05, 0.1) is 16.6 Å². The lowest BCUT2D eigenvalue weighted by atomic mass is 9.47. The first-order valence-corrected chi connectivity index (χ1v) is 14.9. The van der Waals surface area contributed by atoms with Crippen molar-refractivity contribution in [3.8, 4) is 0 Å². The maximum atomic E-state index is 4.83. The summed E-state index contributed by atoms with van der Waals surface area (Å²) in [5.74, 6) is 2.77. The van der Waals surface area contributed by atoms with Gasteiger partial charge in [0, 0.05) is 21.5 Å². The van der Waals surface area contributed by atoms with E-state index in [1.54, 1.807) is 5.56 Å². The SMILES string of the molecule is C=c1c2c(C)c(C)cc(C)c2n2c3c(C)cccc3c3c(C45CC6CC(CC(C6)C4)C5)cc(/C=C\C)c1c32. The fraction of sp³-hybridized carbons (Fsp3) is 0.405. The van der Waals surface area contributed by atoms with E-state index < -0.39 is 0 Å². The molecular formula is C37H39N. The summed E-state index contributed by atoms with van der Waals surface area (Å²) in [6.07, 6.45) is 13.2. The van der Waals surface area contributed by atoms with Crippen molar-refractivity contribution in [2.24, 2.45) is 17.8 Å². The van der Waals surface area contributed by atoms with E-state index in [1.165, 1.54) is 110 Å². The molecule has 0 unspecified atom stereocenters. The lowest BCUT2D eigenvalue weighted by Gasteiger charge is -2.57. The summed E-state index contributed by atoms with van der Waals surface area (Å²) in [6, 6.07) is 12.0. The van der Waals surface area contributed by atoms with E-state index in [0.717, 1.165) is 17.8 Å². The number of pyridine rings is 1. The molecule has 0 N–H and O–H groups in total. The number of hydrogen-bond donors (Lipinski definition) is 0. The predicted molar refractivity (Wildman–Crippen MR) is 164 cm³/mol. The molecule has 0 atom stereocenters. The van der Waals surface area contributed by atoms with Gasteiger partial charge in [0.2, 0.25) is 0 Å². The van der Waals surface area contributed by atoms with Crippen LogP contribution in [0.3, 0.4) is 0 Å². The van der Waals surface area contributed by atoms with Gasteiger partial charge in [-0.25, -0.2) is 0 Å². The minimum Gasteiger partial charge on any atom is -0.307 e. The molecule has 1 heteroatoms. The molecule has 4 aliphatic rings. The van der Waals surface area contributed by atoms with Crippen LogP contribution in [0.15, 0.2) is 36.4 Å². The van der Waals surface area contributed by atoms with Gasteiger partial charge in [-0.05, 0) is 141 Å². The summed E-state index contributed by atoms with van der Waals surface area (Å²) < 4.78 is 2.66. The molecule has 3 aromatic carbocycles. The predicted octanol–water partition coefficient (Wildman–Crippen LogP) is 9.26. The summed E-state index contributed by atoms with van der Waals surface area (Å²) in [4.78, 5) is 0. The van der Waals surface area contributed by atoms with Gasteiger partial charge in [0.25, 0.3) is 0 Å². The van der Waals surface area contributed by atoms with Gasteiger partial charge in [-0.1, -0.05) is 43.0 Å². The summed E-state index contributed by atoms with van der Waals surface area (Å²) in [7, 11) is 0. The van der Waals surface area contributed by atoms with E-state index in [9.17, 15) is 0 Å². The molecule has 1 nitrogen and oxygen atoms in total. The lowest BCUT2D eigenvalue weighted by molar-refractivity contribution is -0.00446. The highest BCUT2D eigenvalue weighted by molar-refractivity contribution is 6.21. The Bertz CT molecular complexity index is 1870. The third-order valence-electron chi connectivity index (χ3n) is 11.1. The van der Waals surface area contributed by atoms with Crippen molar-refractivity contribution in [2.75, 3.05) is 0 Å².